The second-order valence-electron chi connectivity index (χ2n) is 10.1. The first kappa shape index (κ1) is 26.0. The van der Waals surface area contributed by atoms with Gasteiger partial charge in [-0.25, -0.2) is 0 Å². The summed E-state index contributed by atoms with van der Waals surface area (Å²) in [5.74, 6) is -1.06. The molecular formula is C28H42F2O3. The van der Waals surface area contributed by atoms with Crippen molar-refractivity contribution in [1.29, 1.82) is 0 Å². The molecule has 2 aliphatic rings. The normalized spacial score (nSPS) is 25.6. The lowest BCUT2D eigenvalue weighted by atomic mass is 9.68. The van der Waals surface area contributed by atoms with Crippen molar-refractivity contribution in [2.45, 2.75) is 104 Å². The fourth-order valence-electron chi connectivity index (χ4n) is 5.86. The molecule has 33 heavy (non-hydrogen) atoms. The summed E-state index contributed by atoms with van der Waals surface area (Å²) in [7, 11) is 0. The van der Waals surface area contributed by atoms with E-state index in [1.54, 1.807) is 6.92 Å². The summed E-state index contributed by atoms with van der Waals surface area (Å²) in [4.78, 5) is 12.6. The number of unbranched alkanes of at least 4 members (excludes halogenated alkanes) is 4. The molecular weight excluding hydrogens is 422 g/mol. The highest BCUT2D eigenvalue weighted by atomic mass is 19.2. The van der Waals surface area contributed by atoms with Gasteiger partial charge in [-0.15, -0.1) is 0 Å². The highest BCUT2D eigenvalue weighted by Gasteiger charge is 2.34. The summed E-state index contributed by atoms with van der Waals surface area (Å²) in [6.07, 6.45) is 17.3. The molecule has 0 spiro atoms. The van der Waals surface area contributed by atoms with Crippen LogP contribution in [0.4, 0.5) is 8.78 Å². The smallest absolute Gasteiger partial charge is 0.314 e. The van der Waals surface area contributed by atoms with Crippen molar-refractivity contribution >= 4 is 5.97 Å². The van der Waals surface area contributed by atoms with Crippen LogP contribution in [0, 0.1) is 35.3 Å². The zero-order chi connectivity index (χ0) is 23.6. The van der Waals surface area contributed by atoms with E-state index in [0.717, 1.165) is 37.5 Å². The van der Waals surface area contributed by atoms with E-state index < -0.39 is 17.6 Å². The average Bonchev–Trinajstić information content (AvgIpc) is 2.84. The Balaban J connectivity index is 1.39. The van der Waals surface area contributed by atoms with Crippen LogP contribution in [0.25, 0.3) is 0 Å². The summed E-state index contributed by atoms with van der Waals surface area (Å²) in [6.45, 7) is 4.20. The summed E-state index contributed by atoms with van der Waals surface area (Å²) in [5, 5.41) is 0. The third-order valence-corrected chi connectivity index (χ3v) is 7.90. The molecule has 0 bridgehead atoms. The third kappa shape index (κ3) is 7.42. The lowest BCUT2D eigenvalue weighted by molar-refractivity contribution is -0.140. The third-order valence-electron chi connectivity index (χ3n) is 7.90. The number of carbonyl (C=O) groups excluding carboxylic acids is 1. The summed E-state index contributed by atoms with van der Waals surface area (Å²) < 4.78 is 38.6. The largest absolute Gasteiger partial charge is 0.491 e. The zero-order valence-electron chi connectivity index (χ0n) is 20.6. The maximum Gasteiger partial charge on any atom is 0.314 e. The first-order valence-electron chi connectivity index (χ1n) is 13.4. The van der Waals surface area contributed by atoms with Gasteiger partial charge in [0.25, 0.3) is 0 Å². The molecule has 2 aliphatic carbocycles. The monoisotopic (exact) mass is 464 g/mol. The molecule has 0 aromatic heterocycles. The minimum atomic E-state index is -1.16. The second-order valence-corrected chi connectivity index (χ2v) is 10.1. The Morgan fingerprint density at radius 2 is 1.39 bits per heavy atom. The molecule has 3 rings (SSSR count). The Labute approximate surface area is 198 Å². The Kier molecular flexibility index (Phi) is 10.5. The number of ether oxygens (including phenoxy) is 2. The van der Waals surface area contributed by atoms with E-state index in [0.29, 0.717) is 5.92 Å². The summed E-state index contributed by atoms with van der Waals surface area (Å²) in [6, 6.07) is 2.58. The van der Waals surface area contributed by atoms with Crippen LogP contribution in [-0.4, -0.2) is 12.6 Å². The van der Waals surface area contributed by atoms with Gasteiger partial charge in [0.05, 0.1) is 12.5 Å². The van der Waals surface area contributed by atoms with Gasteiger partial charge in [-0.1, -0.05) is 58.3 Å². The number of carbonyl (C=O) groups is 1. The van der Waals surface area contributed by atoms with Gasteiger partial charge in [-0.05, 0) is 75.3 Å². The summed E-state index contributed by atoms with van der Waals surface area (Å²) in [5.41, 5.74) is 0. The quantitative estimate of drug-likeness (QED) is 0.188. The van der Waals surface area contributed by atoms with Crippen LogP contribution in [0.5, 0.6) is 11.5 Å². The Bertz CT molecular complexity index is 735. The van der Waals surface area contributed by atoms with Crippen LogP contribution in [0.3, 0.4) is 0 Å². The van der Waals surface area contributed by atoms with Gasteiger partial charge in [0.1, 0.15) is 0 Å². The molecule has 5 heteroatoms. The van der Waals surface area contributed by atoms with Crippen LogP contribution in [-0.2, 0) is 4.79 Å². The standard InChI is InChI=1S/C28H42F2O3/c1-3-5-6-7-8-9-20-10-12-21(13-11-20)22-14-16-23(17-15-22)28(31)33-25-19-18-24(32-4-2)26(29)27(25)30/h18-23H,3-17H2,1-2H3. The molecule has 0 unspecified atom stereocenters. The maximum absolute atomic E-state index is 14.2. The Hall–Kier alpha value is -1.65. The number of hydrogen-bond donors (Lipinski definition) is 0. The van der Waals surface area contributed by atoms with Crippen molar-refractivity contribution in [2.24, 2.45) is 23.7 Å². The van der Waals surface area contributed by atoms with Gasteiger partial charge in [0.15, 0.2) is 11.5 Å². The van der Waals surface area contributed by atoms with Gasteiger partial charge in [0, 0.05) is 0 Å². The van der Waals surface area contributed by atoms with Gasteiger partial charge >= 0.3 is 5.97 Å². The lowest BCUT2D eigenvalue weighted by Crippen LogP contribution is -2.30. The molecule has 1 aromatic rings. The van der Waals surface area contributed by atoms with Crippen molar-refractivity contribution in [3.8, 4) is 11.5 Å². The van der Waals surface area contributed by atoms with Crippen molar-refractivity contribution < 1.29 is 23.0 Å². The molecule has 186 valence electrons. The van der Waals surface area contributed by atoms with E-state index in [1.807, 2.05) is 0 Å². The van der Waals surface area contributed by atoms with Crippen molar-refractivity contribution in [3.05, 3.63) is 23.8 Å². The zero-order valence-corrected chi connectivity index (χ0v) is 20.6. The fourth-order valence-corrected chi connectivity index (χ4v) is 5.86. The highest BCUT2D eigenvalue weighted by molar-refractivity contribution is 5.75. The van der Waals surface area contributed by atoms with E-state index in [4.69, 9.17) is 9.47 Å². The SMILES string of the molecule is CCCCCCCC1CCC(C2CCC(C(=O)Oc3ccc(OCC)c(F)c3F)CC2)CC1. The molecule has 0 N–H and O–H groups in total. The molecule has 2 saturated carbocycles. The van der Waals surface area contributed by atoms with Crippen LogP contribution in [0.2, 0.25) is 0 Å². The van der Waals surface area contributed by atoms with E-state index in [1.165, 1.54) is 76.3 Å². The van der Waals surface area contributed by atoms with Crippen LogP contribution in [0.1, 0.15) is 104 Å². The molecule has 0 atom stereocenters. The maximum atomic E-state index is 14.2. The average molecular weight is 465 g/mol. The minimum Gasteiger partial charge on any atom is -0.491 e. The number of halogens is 2. The molecule has 0 heterocycles. The van der Waals surface area contributed by atoms with E-state index in [9.17, 15) is 13.6 Å². The van der Waals surface area contributed by atoms with Gasteiger partial charge < -0.3 is 9.47 Å². The molecule has 3 nitrogen and oxygen atoms in total. The van der Waals surface area contributed by atoms with Crippen LogP contribution >= 0.6 is 0 Å². The Morgan fingerprint density at radius 1 is 0.818 bits per heavy atom. The van der Waals surface area contributed by atoms with E-state index >= 15 is 0 Å². The predicted octanol–water partition coefficient (Wildman–Crippen LogP) is 8.24. The molecule has 0 radical (unpaired) electrons. The topological polar surface area (TPSA) is 35.5 Å². The first-order chi connectivity index (χ1) is 16.0. The number of rotatable bonds is 11. The van der Waals surface area contributed by atoms with Gasteiger partial charge in [-0.3, -0.25) is 4.79 Å². The number of hydrogen-bond acceptors (Lipinski definition) is 3. The number of benzene rings is 1. The van der Waals surface area contributed by atoms with Crippen molar-refractivity contribution in [2.75, 3.05) is 6.61 Å². The Morgan fingerprint density at radius 3 is 2.03 bits per heavy atom. The summed E-state index contributed by atoms with van der Waals surface area (Å²) >= 11 is 0. The lowest BCUT2D eigenvalue weighted by Gasteiger charge is -2.37. The molecule has 0 aliphatic heterocycles. The predicted molar refractivity (Wildman–Crippen MR) is 127 cm³/mol. The number of esters is 1. The molecule has 0 saturated heterocycles. The molecule has 2 fully saturated rings. The van der Waals surface area contributed by atoms with Gasteiger partial charge in [0.2, 0.25) is 11.6 Å². The van der Waals surface area contributed by atoms with Crippen molar-refractivity contribution in [1.82, 2.24) is 0 Å². The minimum absolute atomic E-state index is 0.165. The van der Waals surface area contributed by atoms with Crippen molar-refractivity contribution in [3.63, 3.8) is 0 Å². The fraction of sp³-hybridized carbons (Fsp3) is 0.750. The highest BCUT2D eigenvalue weighted by Crippen LogP contribution is 2.42. The van der Waals surface area contributed by atoms with Gasteiger partial charge in [-0.2, -0.15) is 8.78 Å². The van der Waals surface area contributed by atoms with E-state index in [-0.39, 0.29) is 24.0 Å². The van der Waals surface area contributed by atoms with Crippen LogP contribution < -0.4 is 9.47 Å². The second kappa shape index (κ2) is 13.3. The van der Waals surface area contributed by atoms with Crippen LogP contribution in [0.15, 0.2) is 12.1 Å². The molecule has 0 amide bonds. The van der Waals surface area contributed by atoms with E-state index in [2.05, 4.69) is 6.92 Å². The molecule has 1 aromatic carbocycles. The first-order valence-corrected chi connectivity index (χ1v) is 13.4.